The maximum absolute atomic E-state index is 11.1. The van der Waals surface area contributed by atoms with Crippen LogP contribution < -0.4 is 10.6 Å². The van der Waals surface area contributed by atoms with E-state index in [1.807, 2.05) is 6.07 Å². The predicted octanol–water partition coefficient (Wildman–Crippen LogP) is 1.39. The Labute approximate surface area is 96.0 Å². The Bertz CT molecular complexity index is 301. The van der Waals surface area contributed by atoms with Crippen molar-refractivity contribution in [2.75, 3.05) is 20.1 Å². The number of carbonyl (C=O) groups excluding carboxylic acids is 1. The van der Waals surface area contributed by atoms with Crippen molar-refractivity contribution in [3.05, 3.63) is 20.8 Å². The third-order valence-corrected chi connectivity index (χ3v) is 3.34. The van der Waals surface area contributed by atoms with Crippen LogP contribution in [-0.4, -0.2) is 26.0 Å². The second-order valence-corrected chi connectivity index (χ2v) is 5.38. The summed E-state index contributed by atoms with van der Waals surface area (Å²) in [5.74, 6) is 0.0446. The van der Waals surface area contributed by atoms with Crippen LogP contribution in [0.4, 0.5) is 0 Å². The van der Waals surface area contributed by atoms with Crippen molar-refractivity contribution in [2.24, 2.45) is 0 Å². The highest BCUT2D eigenvalue weighted by molar-refractivity contribution is 9.11. The Morgan fingerprint density at radius 1 is 1.57 bits per heavy atom. The van der Waals surface area contributed by atoms with Crippen molar-refractivity contribution in [2.45, 2.75) is 6.42 Å². The molecule has 5 heteroatoms. The van der Waals surface area contributed by atoms with E-state index in [4.69, 9.17) is 0 Å². The van der Waals surface area contributed by atoms with Crippen molar-refractivity contribution in [1.29, 1.82) is 0 Å². The molecule has 0 aromatic carbocycles. The van der Waals surface area contributed by atoms with Gasteiger partial charge in [-0.2, -0.15) is 0 Å². The number of thiophene rings is 1. The van der Waals surface area contributed by atoms with Gasteiger partial charge in [-0.1, -0.05) is 0 Å². The lowest BCUT2D eigenvalue weighted by Gasteiger charge is -2.02. The molecule has 0 saturated carbocycles. The lowest BCUT2D eigenvalue weighted by atomic mass is 10.3. The third-order valence-electron chi connectivity index (χ3n) is 1.66. The number of amides is 1. The van der Waals surface area contributed by atoms with E-state index in [9.17, 15) is 4.79 Å². The Balaban J connectivity index is 2.18. The van der Waals surface area contributed by atoms with Gasteiger partial charge in [-0.15, -0.1) is 11.3 Å². The minimum atomic E-state index is 0.0446. The Hall–Kier alpha value is -0.390. The van der Waals surface area contributed by atoms with Crippen LogP contribution in [-0.2, 0) is 11.2 Å². The lowest BCUT2D eigenvalue weighted by molar-refractivity contribution is -0.120. The number of rotatable bonds is 5. The summed E-state index contributed by atoms with van der Waals surface area (Å²) >= 11 is 5.10. The summed E-state index contributed by atoms with van der Waals surface area (Å²) < 4.78 is 1.13. The largest absolute Gasteiger partial charge is 0.355 e. The standard InChI is InChI=1S/C9H13BrN2OS/c1-11-6-9(13)12-5-4-7-2-3-8(10)14-7/h2-3,11H,4-6H2,1H3,(H,12,13). The smallest absolute Gasteiger partial charge is 0.233 e. The number of carbonyl (C=O) groups is 1. The summed E-state index contributed by atoms with van der Waals surface area (Å²) in [6, 6.07) is 4.09. The van der Waals surface area contributed by atoms with E-state index < -0.39 is 0 Å². The molecule has 2 N–H and O–H groups in total. The highest BCUT2D eigenvalue weighted by Gasteiger charge is 2.00. The van der Waals surface area contributed by atoms with Gasteiger partial charge in [0.15, 0.2) is 0 Å². The maximum atomic E-state index is 11.1. The molecule has 3 nitrogen and oxygen atoms in total. The van der Waals surface area contributed by atoms with E-state index in [1.165, 1.54) is 4.88 Å². The second kappa shape index (κ2) is 6.16. The Morgan fingerprint density at radius 3 is 2.93 bits per heavy atom. The molecule has 0 unspecified atom stereocenters. The Kier molecular flexibility index (Phi) is 5.14. The molecular formula is C9H13BrN2OS. The number of halogens is 1. The molecule has 0 aliphatic rings. The van der Waals surface area contributed by atoms with Crippen LogP contribution >= 0.6 is 27.3 Å². The van der Waals surface area contributed by atoms with Crippen molar-refractivity contribution in [3.63, 3.8) is 0 Å². The average Bonchev–Trinajstić information content (AvgIpc) is 2.52. The average molecular weight is 277 g/mol. The SMILES string of the molecule is CNCC(=O)NCCc1ccc(Br)s1. The first kappa shape index (κ1) is 11.7. The van der Waals surface area contributed by atoms with Gasteiger partial charge in [0, 0.05) is 11.4 Å². The van der Waals surface area contributed by atoms with Gasteiger partial charge in [0.25, 0.3) is 0 Å². The number of likely N-dealkylation sites (N-methyl/N-ethyl adjacent to an activating group) is 1. The van der Waals surface area contributed by atoms with Crippen molar-refractivity contribution < 1.29 is 4.79 Å². The highest BCUT2D eigenvalue weighted by atomic mass is 79.9. The zero-order valence-electron chi connectivity index (χ0n) is 7.97. The summed E-state index contributed by atoms with van der Waals surface area (Å²) in [5.41, 5.74) is 0. The zero-order chi connectivity index (χ0) is 10.4. The molecule has 0 aliphatic heterocycles. The predicted molar refractivity (Wildman–Crippen MR) is 62.7 cm³/mol. The van der Waals surface area contributed by atoms with Gasteiger partial charge < -0.3 is 10.6 Å². The minimum Gasteiger partial charge on any atom is -0.355 e. The molecule has 0 radical (unpaired) electrons. The van der Waals surface area contributed by atoms with Crippen LogP contribution in [0.25, 0.3) is 0 Å². The first-order valence-corrected chi connectivity index (χ1v) is 5.99. The molecule has 1 aromatic heterocycles. The number of hydrogen-bond acceptors (Lipinski definition) is 3. The van der Waals surface area contributed by atoms with Crippen LogP contribution in [0.5, 0.6) is 0 Å². The first-order chi connectivity index (χ1) is 6.72. The number of nitrogens with one attached hydrogen (secondary N) is 2. The normalized spacial score (nSPS) is 10.1. The van der Waals surface area contributed by atoms with Gasteiger partial charge in [-0.05, 0) is 41.5 Å². The van der Waals surface area contributed by atoms with Gasteiger partial charge in [-0.25, -0.2) is 0 Å². The second-order valence-electron chi connectivity index (χ2n) is 2.84. The topological polar surface area (TPSA) is 41.1 Å². The van der Waals surface area contributed by atoms with Gasteiger partial charge in [-0.3, -0.25) is 4.79 Å². The van der Waals surface area contributed by atoms with Crippen LogP contribution in [0.3, 0.4) is 0 Å². The number of hydrogen-bond donors (Lipinski definition) is 2. The molecule has 1 aromatic rings. The van der Waals surface area contributed by atoms with Crippen molar-refractivity contribution in [1.82, 2.24) is 10.6 Å². The quantitative estimate of drug-likeness (QED) is 0.854. The van der Waals surface area contributed by atoms with Crippen molar-refractivity contribution >= 4 is 33.2 Å². The lowest BCUT2D eigenvalue weighted by Crippen LogP contribution is -2.33. The molecule has 0 atom stereocenters. The molecule has 0 spiro atoms. The van der Waals surface area contributed by atoms with E-state index in [1.54, 1.807) is 18.4 Å². The zero-order valence-corrected chi connectivity index (χ0v) is 10.4. The molecule has 0 aliphatic carbocycles. The molecular weight excluding hydrogens is 264 g/mol. The first-order valence-electron chi connectivity index (χ1n) is 4.38. The monoisotopic (exact) mass is 276 g/mol. The summed E-state index contributed by atoms with van der Waals surface area (Å²) in [6.07, 6.45) is 0.895. The molecule has 0 bridgehead atoms. The summed E-state index contributed by atoms with van der Waals surface area (Å²) in [6.45, 7) is 1.08. The molecule has 1 heterocycles. The molecule has 78 valence electrons. The fourth-order valence-corrected chi connectivity index (χ4v) is 2.52. The van der Waals surface area contributed by atoms with Crippen molar-refractivity contribution in [3.8, 4) is 0 Å². The molecule has 14 heavy (non-hydrogen) atoms. The van der Waals surface area contributed by atoms with E-state index >= 15 is 0 Å². The summed E-state index contributed by atoms with van der Waals surface area (Å²) in [7, 11) is 1.76. The van der Waals surface area contributed by atoms with Crippen LogP contribution in [0.2, 0.25) is 0 Å². The van der Waals surface area contributed by atoms with E-state index in [0.29, 0.717) is 13.1 Å². The van der Waals surface area contributed by atoms with Gasteiger partial charge in [0.1, 0.15) is 0 Å². The van der Waals surface area contributed by atoms with Crippen LogP contribution in [0.15, 0.2) is 15.9 Å². The molecule has 1 amide bonds. The fraction of sp³-hybridized carbons (Fsp3) is 0.444. The maximum Gasteiger partial charge on any atom is 0.233 e. The fourth-order valence-electron chi connectivity index (χ4n) is 1.03. The van der Waals surface area contributed by atoms with E-state index in [-0.39, 0.29) is 5.91 Å². The van der Waals surface area contributed by atoms with Gasteiger partial charge >= 0.3 is 0 Å². The van der Waals surface area contributed by atoms with Crippen LogP contribution in [0.1, 0.15) is 4.88 Å². The van der Waals surface area contributed by atoms with E-state index in [0.717, 1.165) is 10.2 Å². The molecule has 0 saturated heterocycles. The summed E-state index contributed by atoms with van der Waals surface area (Å²) in [5, 5.41) is 5.63. The van der Waals surface area contributed by atoms with Gasteiger partial charge in [0.2, 0.25) is 5.91 Å². The third kappa shape index (κ3) is 4.21. The minimum absolute atomic E-state index is 0.0446. The Morgan fingerprint density at radius 2 is 2.36 bits per heavy atom. The summed E-state index contributed by atoms with van der Waals surface area (Å²) in [4.78, 5) is 12.3. The van der Waals surface area contributed by atoms with E-state index in [2.05, 4.69) is 32.6 Å². The van der Waals surface area contributed by atoms with Gasteiger partial charge in [0.05, 0.1) is 10.3 Å². The molecule has 1 rings (SSSR count). The molecule has 0 fully saturated rings. The highest BCUT2D eigenvalue weighted by Crippen LogP contribution is 2.21. The van der Waals surface area contributed by atoms with Crippen LogP contribution in [0, 0.1) is 0 Å².